The summed E-state index contributed by atoms with van der Waals surface area (Å²) >= 11 is 0. The van der Waals surface area contributed by atoms with Gasteiger partial charge in [0.15, 0.2) is 0 Å². The Morgan fingerprint density at radius 1 is 1.50 bits per heavy atom. The van der Waals surface area contributed by atoms with Gasteiger partial charge in [-0.3, -0.25) is 14.4 Å². The molecular formula is C9H14N2O3. The second kappa shape index (κ2) is 3.77. The van der Waals surface area contributed by atoms with E-state index in [-0.39, 0.29) is 30.1 Å². The Labute approximate surface area is 82.0 Å². The smallest absolute Gasteiger partial charge is 0.232 e. The quantitative estimate of drug-likeness (QED) is 0.569. The van der Waals surface area contributed by atoms with Crippen LogP contribution in [0.3, 0.4) is 0 Å². The molecule has 2 amide bonds. The van der Waals surface area contributed by atoms with Gasteiger partial charge in [-0.2, -0.15) is 0 Å². The first-order valence-corrected chi connectivity index (χ1v) is 4.53. The van der Waals surface area contributed by atoms with Crippen LogP contribution in [0.1, 0.15) is 20.3 Å². The first-order chi connectivity index (χ1) is 6.43. The summed E-state index contributed by atoms with van der Waals surface area (Å²) < 4.78 is 0. The van der Waals surface area contributed by atoms with Crippen LogP contribution in [0, 0.1) is 11.8 Å². The van der Waals surface area contributed by atoms with Crippen LogP contribution in [0.2, 0.25) is 0 Å². The lowest BCUT2D eigenvalue weighted by Gasteiger charge is -2.31. The summed E-state index contributed by atoms with van der Waals surface area (Å²) in [6, 6.07) is -0.212. The Morgan fingerprint density at radius 3 is 2.50 bits per heavy atom. The fourth-order valence-corrected chi connectivity index (χ4v) is 1.75. The highest BCUT2D eigenvalue weighted by molar-refractivity contribution is 6.01. The van der Waals surface area contributed by atoms with Crippen molar-refractivity contribution in [2.24, 2.45) is 17.6 Å². The molecule has 0 aromatic rings. The number of carbonyl (C=O) groups excluding carboxylic acids is 3. The fraction of sp³-hybridized carbons (Fsp3) is 0.667. The standard InChI is InChI=1S/C9H14N2O3/c1-4-6(5(2)12)3-7(8(10)13)9(14)11-4/h4,6-7H,3H2,1-2H3,(H2,10,13)(H,11,14). The molecule has 3 N–H and O–H groups in total. The Hall–Kier alpha value is -1.39. The van der Waals surface area contributed by atoms with Crippen LogP contribution in [-0.2, 0) is 14.4 Å². The first kappa shape index (κ1) is 10.7. The van der Waals surface area contributed by atoms with Crippen LogP contribution < -0.4 is 11.1 Å². The number of nitrogens with one attached hydrogen (secondary N) is 1. The van der Waals surface area contributed by atoms with Crippen LogP contribution in [0.25, 0.3) is 0 Å². The van der Waals surface area contributed by atoms with E-state index in [2.05, 4.69) is 5.32 Å². The number of primary amides is 1. The van der Waals surface area contributed by atoms with E-state index in [0.29, 0.717) is 0 Å². The van der Waals surface area contributed by atoms with Gasteiger partial charge in [0, 0.05) is 12.0 Å². The summed E-state index contributed by atoms with van der Waals surface area (Å²) in [5, 5.41) is 2.58. The summed E-state index contributed by atoms with van der Waals surface area (Å²) in [5.74, 6) is -2.22. The molecule has 0 aliphatic carbocycles. The molecule has 0 bridgehead atoms. The molecule has 0 radical (unpaired) electrons. The van der Waals surface area contributed by atoms with Gasteiger partial charge in [-0.15, -0.1) is 0 Å². The highest BCUT2D eigenvalue weighted by Gasteiger charge is 2.38. The average Bonchev–Trinajstić information content (AvgIpc) is 2.02. The number of hydrogen-bond donors (Lipinski definition) is 2. The molecule has 1 heterocycles. The zero-order chi connectivity index (χ0) is 10.9. The Balaban J connectivity index is 2.80. The van der Waals surface area contributed by atoms with Gasteiger partial charge < -0.3 is 11.1 Å². The second-order valence-electron chi connectivity index (χ2n) is 3.71. The van der Waals surface area contributed by atoms with Crippen LogP contribution in [0.4, 0.5) is 0 Å². The third kappa shape index (κ3) is 1.92. The molecule has 1 aliphatic heterocycles. The molecule has 14 heavy (non-hydrogen) atoms. The lowest BCUT2D eigenvalue weighted by atomic mass is 9.82. The third-order valence-corrected chi connectivity index (χ3v) is 2.65. The van der Waals surface area contributed by atoms with Crippen molar-refractivity contribution < 1.29 is 14.4 Å². The number of carbonyl (C=O) groups is 3. The van der Waals surface area contributed by atoms with Gasteiger partial charge in [0.1, 0.15) is 11.7 Å². The van der Waals surface area contributed by atoms with E-state index in [1.165, 1.54) is 6.92 Å². The summed E-state index contributed by atoms with van der Waals surface area (Å²) in [5.41, 5.74) is 5.05. The van der Waals surface area contributed by atoms with Gasteiger partial charge in [-0.05, 0) is 20.3 Å². The number of piperidine rings is 1. The number of amides is 2. The highest BCUT2D eigenvalue weighted by Crippen LogP contribution is 2.22. The van der Waals surface area contributed by atoms with Crippen molar-refractivity contribution in [1.29, 1.82) is 0 Å². The van der Waals surface area contributed by atoms with Crippen LogP contribution in [0.15, 0.2) is 0 Å². The molecule has 1 rings (SSSR count). The molecule has 1 aliphatic rings. The van der Waals surface area contributed by atoms with Gasteiger partial charge in [0.05, 0.1) is 0 Å². The molecule has 1 saturated heterocycles. The monoisotopic (exact) mass is 198 g/mol. The van der Waals surface area contributed by atoms with Crippen molar-refractivity contribution in [2.75, 3.05) is 0 Å². The van der Waals surface area contributed by atoms with E-state index in [4.69, 9.17) is 5.73 Å². The molecule has 3 unspecified atom stereocenters. The maximum Gasteiger partial charge on any atom is 0.232 e. The number of nitrogens with two attached hydrogens (primary N) is 1. The molecule has 1 fully saturated rings. The van der Waals surface area contributed by atoms with E-state index in [0.717, 1.165) is 0 Å². The molecule has 5 nitrogen and oxygen atoms in total. The fourth-order valence-electron chi connectivity index (χ4n) is 1.75. The van der Waals surface area contributed by atoms with Crippen molar-refractivity contribution in [3.05, 3.63) is 0 Å². The second-order valence-corrected chi connectivity index (χ2v) is 3.71. The normalized spacial score (nSPS) is 32.1. The van der Waals surface area contributed by atoms with Crippen LogP contribution in [-0.4, -0.2) is 23.6 Å². The topological polar surface area (TPSA) is 89.3 Å². The average molecular weight is 198 g/mol. The minimum Gasteiger partial charge on any atom is -0.369 e. The van der Waals surface area contributed by atoms with E-state index in [9.17, 15) is 14.4 Å². The minimum absolute atomic E-state index is 0.0243. The van der Waals surface area contributed by atoms with Gasteiger partial charge in [-0.1, -0.05) is 0 Å². The minimum atomic E-state index is -0.861. The molecule has 0 aromatic carbocycles. The summed E-state index contributed by atoms with van der Waals surface area (Å²) in [7, 11) is 0. The summed E-state index contributed by atoms with van der Waals surface area (Å²) in [6.07, 6.45) is 0.234. The van der Waals surface area contributed by atoms with Crippen molar-refractivity contribution in [2.45, 2.75) is 26.3 Å². The van der Waals surface area contributed by atoms with E-state index < -0.39 is 11.8 Å². The zero-order valence-electron chi connectivity index (χ0n) is 8.24. The van der Waals surface area contributed by atoms with E-state index >= 15 is 0 Å². The maximum atomic E-state index is 11.3. The van der Waals surface area contributed by atoms with Crippen molar-refractivity contribution in [3.63, 3.8) is 0 Å². The lowest BCUT2D eigenvalue weighted by molar-refractivity contribution is -0.138. The van der Waals surface area contributed by atoms with Gasteiger partial charge in [-0.25, -0.2) is 0 Å². The molecule has 0 aromatic heterocycles. The SMILES string of the molecule is CC(=O)C1CC(C(N)=O)C(=O)NC1C. The Kier molecular flexibility index (Phi) is 2.88. The third-order valence-electron chi connectivity index (χ3n) is 2.65. The van der Waals surface area contributed by atoms with Gasteiger partial charge in [0.25, 0.3) is 0 Å². The summed E-state index contributed by atoms with van der Waals surface area (Å²) in [6.45, 7) is 3.21. The molecule has 78 valence electrons. The molecule has 3 atom stereocenters. The summed E-state index contributed by atoms with van der Waals surface area (Å²) in [4.78, 5) is 33.4. The lowest BCUT2D eigenvalue weighted by Crippen LogP contribution is -2.53. The van der Waals surface area contributed by atoms with E-state index in [1.54, 1.807) is 6.92 Å². The zero-order valence-corrected chi connectivity index (χ0v) is 8.24. The predicted molar refractivity (Wildman–Crippen MR) is 49.1 cm³/mol. The molecular weight excluding hydrogens is 184 g/mol. The molecule has 5 heteroatoms. The first-order valence-electron chi connectivity index (χ1n) is 4.53. The molecule has 0 saturated carbocycles. The van der Waals surface area contributed by atoms with Crippen LogP contribution in [0.5, 0.6) is 0 Å². The van der Waals surface area contributed by atoms with Crippen molar-refractivity contribution in [3.8, 4) is 0 Å². The largest absolute Gasteiger partial charge is 0.369 e. The predicted octanol–water partition coefficient (Wildman–Crippen LogP) is -0.798. The Morgan fingerprint density at radius 2 is 2.07 bits per heavy atom. The van der Waals surface area contributed by atoms with Crippen molar-refractivity contribution >= 4 is 17.6 Å². The van der Waals surface area contributed by atoms with Crippen LogP contribution >= 0.6 is 0 Å². The van der Waals surface area contributed by atoms with Gasteiger partial charge in [0.2, 0.25) is 11.8 Å². The van der Waals surface area contributed by atoms with E-state index in [1.807, 2.05) is 0 Å². The van der Waals surface area contributed by atoms with Gasteiger partial charge >= 0.3 is 0 Å². The highest BCUT2D eigenvalue weighted by atomic mass is 16.2. The van der Waals surface area contributed by atoms with Crippen molar-refractivity contribution in [1.82, 2.24) is 5.32 Å². The number of ketones is 1. The molecule has 0 spiro atoms. The maximum absolute atomic E-state index is 11.3. The number of rotatable bonds is 2. The number of hydrogen-bond acceptors (Lipinski definition) is 3. The Bertz CT molecular complexity index is 288. The number of Topliss-reactive ketones (excluding diaryl/α,β-unsaturated/α-hetero) is 1.